The summed E-state index contributed by atoms with van der Waals surface area (Å²) < 4.78 is 5.44. The second-order valence-corrected chi connectivity index (χ2v) is 8.05. The minimum Gasteiger partial charge on any atom is -0.444 e. The maximum atomic E-state index is 12.3. The maximum absolute atomic E-state index is 12.3. The first kappa shape index (κ1) is 19.9. The molecule has 8 heteroatoms. The summed E-state index contributed by atoms with van der Waals surface area (Å²) >= 11 is 0. The fraction of sp³-hybridized carbons (Fsp3) is 0.667. The zero-order valence-electron chi connectivity index (χ0n) is 16.3. The normalized spacial score (nSPS) is 23.0. The largest absolute Gasteiger partial charge is 0.444 e. The molecule has 0 radical (unpaired) electrons. The van der Waals surface area contributed by atoms with Crippen molar-refractivity contribution in [3.63, 3.8) is 0 Å². The van der Waals surface area contributed by atoms with E-state index in [1.54, 1.807) is 18.0 Å². The minimum atomic E-state index is -0.540. The molecular weight excluding hydrogens is 336 g/mol. The van der Waals surface area contributed by atoms with E-state index in [0.717, 1.165) is 12.2 Å². The molecule has 0 spiro atoms. The summed E-state index contributed by atoms with van der Waals surface area (Å²) in [5.74, 6) is 0.619. The zero-order chi connectivity index (χ0) is 19.6. The molecule has 0 N–H and O–H groups in total. The lowest BCUT2D eigenvalue weighted by Crippen LogP contribution is -2.45. The minimum absolute atomic E-state index is 0.0887. The second kappa shape index (κ2) is 7.47. The molecule has 2 heterocycles. The van der Waals surface area contributed by atoms with Crippen LogP contribution in [0.2, 0.25) is 0 Å². The lowest BCUT2D eigenvalue weighted by atomic mass is 9.94. The SMILES string of the molecule is CC1CN(c2ccc([N+](=O)[O-])nc2)C(CN(C)C(=O)OC(C)(C)C)[C@H]1C. The van der Waals surface area contributed by atoms with E-state index >= 15 is 0 Å². The molecule has 1 aliphatic rings. The number of hydrogen-bond acceptors (Lipinski definition) is 6. The Bertz CT molecular complexity index is 656. The quantitative estimate of drug-likeness (QED) is 0.601. The fourth-order valence-corrected chi connectivity index (χ4v) is 3.19. The molecule has 3 atom stereocenters. The van der Waals surface area contributed by atoms with Gasteiger partial charge in [-0.3, -0.25) is 0 Å². The van der Waals surface area contributed by atoms with Gasteiger partial charge in [0.2, 0.25) is 0 Å². The van der Waals surface area contributed by atoms with Crippen LogP contribution in [-0.2, 0) is 4.74 Å². The van der Waals surface area contributed by atoms with Gasteiger partial charge in [-0.25, -0.2) is 4.79 Å². The highest BCUT2D eigenvalue weighted by Gasteiger charge is 2.38. The molecule has 1 aromatic rings. The number of aromatic nitrogens is 1. The molecule has 2 unspecified atom stereocenters. The smallest absolute Gasteiger partial charge is 0.410 e. The molecule has 144 valence electrons. The molecule has 0 aromatic carbocycles. The Kier molecular flexibility index (Phi) is 5.73. The van der Waals surface area contributed by atoms with Crippen molar-refractivity contribution in [2.45, 2.75) is 46.3 Å². The molecule has 0 bridgehead atoms. The van der Waals surface area contributed by atoms with E-state index in [1.807, 2.05) is 20.8 Å². The van der Waals surface area contributed by atoms with Gasteiger partial charge in [0.25, 0.3) is 0 Å². The Morgan fingerprint density at radius 2 is 2.08 bits per heavy atom. The van der Waals surface area contributed by atoms with Crippen LogP contribution in [0.5, 0.6) is 0 Å². The maximum Gasteiger partial charge on any atom is 0.410 e. The van der Waals surface area contributed by atoms with Crippen molar-refractivity contribution in [1.82, 2.24) is 9.88 Å². The third-order valence-corrected chi connectivity index (χ3v) is 4.81. The van der Waals surface area contributed by atoms with E-state index in [-0.39, 0.29) is 18.0 Å². The molecule has 0 aliphatic carbocycles. The second-order valence-electron chi connectivity index (χ2n) is 8.05. The Morgan fingerprint density at radius 3 is 2.58 bits per heavy atom. The summed E-state index contributed by atoms with van der Waals surface area (Å²) in [6.07, 6.45) is 1.18. The molecule has 8 nitrogen and oxygen atoms in total. The van der Waals surface area contributed by atoms with Crippen LogP contribution in [0.1, 0.15) is 34.6 Å². The van der Waals surface area contributed by atoms with E-state index in [4.69, 9.17) is 4.74 Å². The number of carbonyl (C=O) groups is 1. The predicted molar refractivity (Wildman–Crippen MR) is 99.2 cm³/mol. The fourth-order valence-electron chi connectivity index (χ4n) is 3.19. The van der Waals surface area contributed by atoms with E-state index < -0.39 is 10.5 Å². The monoisotopic (exact) mass is 364 g/mol. The number of hydrogen-bond donors (Lipinski definition) is 0. The summed E-state index contributed by atoms with van der Waals surface area (Å²) in [4.78, 5) is 30.3. The summed E-state index contributed by atoms with van der Waals surface area (Å²) in [6, 6.07) is 3.22. The lowest BCUT2D eigenvalue weighted by Gasteiger charge is -2.32. The van der Waals surface area contributed by atoms with Gasteiger partial charge in [-0.2, -0.15) is 0 Å². The zero-order valence-corrected chi connectivity index (χ0v) is 16.3. The van der Waals surface area contributed by atoms with Gasteiger partial charge in [-0.15, -0.1) is 0 Å². The van der Waals surface area contributed by atoms with E-state index in [2.05, 4.69) is 23.7 Å². The van der Waals surface area contributed by atoms with Crippen LogP contribution in [-0.4, -0.2) is 52.7 Å². The summed E-state index contributed by atoms with van der Waals surface area (Å²) in [5, 5.41) is 10.8. The summed E-state index contributed by atoms with van der Waals surface area (Å²) in [7, 11) is 1.73. The Labute approximate surface area is 154 Å². The van der Waals surface area contributed by atoms with Gasteiger partial charge in [-0.1, -0.05) is 13.8 Å². The molecule has 1 amide bonds. The Morgan fingerprint density at radius 1 is 1.42 bits per heavy atom. The molecule has 0 saturated carbocycles. The van der Waals surface area contributed by atoms with Crippen LogP contribution < -0.4 is 4.90 Å². The molecule has 1 fully saturated rings. The van der Waals surface area contributed by atoms with E-state index in [1.165, 1.54) is 12.3 Å². The number of pyridine rings is 1. The highest BCUT2D eigenvalue weighted by Crippen LogP contribution is 2.34. The Hall–Kier alpha value is -2.38. The first-order valence-electron chi connectivity index (χ1n) is 8.81. The summed E-state index contributed by atoms with van der Waals surface area (Å²) in [5.41, 5.74) is 0.288. The van der Waals surface area contributed by atoms with Crippen LogP contribution >= 0.6 is 0 Å². The number of anilines is 1. The van der Waals surface area contributed by atoms with Crippen molar-refractivity contribution in [3.05, 3.63) is 28.4 Å². The number of rotatable bonds is 4. The van der Waals surface area contributed by atoms with Crippen molar-refractivity contribution in [1.29, 1.82) is 0 Å². The lowest BCUT2D eigenvalue weighted by molar-refractivity contribution is -0.389. The molecule has 1 saturated heterocycles. The average molecular weight is 364 g/mol. The van der Waals surface area contributed by atoms with Gasteiger partial charge < -0.3 is 24.7 Å². The van der Waals surface area contributed by atoms with E-state index in [9.17, 15) is 14.9 Å². The van der Waals surface area contributed by atoms with Crippen LogP contribution in [0.3, 0.4) is 0 Å². The number of amides is 1. The summed E-state index contributed by atoms with van der Waals surface area (Å²) in [6.45, 7) is 11.2. The third kappa shape index (κ3) is 4.62. The van der Waals surface area contributed by atoms with Crippen LogP contribution in [0, 0.1) is 22.0 Å². The first-order valence-corrected chi connectivity index (χ1v) is 8.81. The topological polar surface area (TPSA) is 88.8 Å². The van der Waals surface area contributed by atoms with Crippen LogP contribution in [0.15, 0.2) is 18.3 Å². The molecule has 1 aromatic heterocycles. The van der Waals surface area contributed by atoms with Crippen LogP contribution in [0.25, 0.3) is 0 Å². The molecule has 26 heavy (non-hydrogen) atoms. The highest BCUT2D eigenvalue weighted by molar-refractivity contribution is 5.68. The van der Waals surface area contributed by atoms with Crippen molar-refractivity contribution in [2.24, 2.45) is 11.8 Å². The van der Waals surface area contributed by atoms with Crippen LogP contribution in [0.4, 0.5) is 16.3 Å². The molecule has 1 aliphatic heterocycles. The number of nitro groups is 1. The van der Waals surface area contributed by atoms with Gasteiger partial charge in [-0.05, 0) is 48.6 Å². The average Bonchev–Trinajstić information content (AvgIpc) is 2.81. The predicted octanol–water partition coefficient (Wildman–Crippen LogP) is 3.32. The number of ether oxygens (including phenoxy) is 1. The molecule has 2 rings (SSSR count). The Balaban J connectivity index is 2.16. The van der Waals surface area contributed by atoms with Crippen molar-refractivity contribution >= 4 is 17.6 Å². The van der Waals surface area contributed by atoms with Gasteiger partial charge in [0.1, 0.15) is 5.60 Å². The van der Waals surface area contributed by atoms with Gasteiger partial charge >= 0.3 is 11.9 Å². The highest BCUT2D eigenvalue weighted by atomic mass is 16.6. The van der Waals surface area contributed by atoms with Crippen molar-refractivity contribution in [3.8, 4) is 0 Å². The molecular formula is C18H28N4O4. The number of carbonyl (C=O) groups excluding carboxylic acids is 1. The van der Waals surface area contributed by atoms with Gasteiger partial charge in [0.15, 0.2) is 6.20 Å². The van der Waals surface area contributed by atoms with Crippen molar-refractivity contribution in [2.75, 3.05) is 25.0 Å². The standard InChI is InChI=1S/C18H28N4O4/c1-12-10-21(14-7-8-16(19-9-14)22(24)25)15(13(12)2)11-20(6)17(23)26-18(3,4)5/h7-9,12-13,15H,10-11H2,1-6H3/t12?,13-,15?/m0/s1. The third-order valence-electron chi connectivity index (χ3n) is 4.81. The van der Waals surface area contributed by atoms with Gasteiger partial charge in [0, 0.05) is 32.2 Å². The first-order chi connectivity index (χ1) is 12.0. The van der Waals surface area contributed by atoms with E-state index in [0.29, 0.717) is 18.4 Å². The van der Waals surface area contributed by atoms with Crippen molar-refractivity contribution < 1.29 is 14.5 Å². The van der Waals surface area contributed by atoms with Gasteiger partial charge in [0.05, 0.1) is 5.69 Å². The number of nitrogens with zero attached hydrogens (tertiary/aromatic N) is 4. The number of likely N-dealkylation sites (N-methyl/N-ethyl adjacent to an activating group) is 1.